The van der Waals surface area contributed by atoms with Gasteiger partial charge in [0.2, 0.25) is 0 Å². The van der Waals surface area contributed by atoms with Gasteiger partial charge in [0.05, 0.1) is 13.2 Å². The van der Waals surface area contributed by atoms with Gasteiger partial charge in [-0.15, -0.1) is 11.8 Å². The van der Waals surface area contributed by atoms with Gasteiger partial charge in [-0.05, 0) is 30.9 Å². The Kier molecular flexibility index (Phi) is 4.49. The Morgan fingerprint density at radius 2 is 2.00 bits per heavy atom. The molecule has 1 amide bonds. The third-order valence-electron chi connectivity index (χ3n) is 2.14. The maximum absolute atomic E-state index is 11.0. The SMILES string of the molecule is COC(=O)NC(C)c1ccc(SC)cc1. The number of carbonyl (C=O) groups is 1. The predicted octanol–water partition coefficient (Wildman–Crippen LogP) is 2.83. The number of benzene rings is 1. The van der Waals surface area contributed by atoms with Crippen molar-refractivity contribution in [3.05, 3.63) is 29.8 Å². The molecule has 0 aliphatic rings. The van der Waals surface area contributed by atoms with E-state index >= 15 is 0 Å². The van der Waals surface area contributed by atoms with Gasteiger partial charge in [-0.3, -0.25) is 0 Å². The Bertz CT molecular complexity index is 324. The number of carbonyl (C=O) groups excluding carboxylic acids is 1. The van der Waals surface area contributed by atoms with Crippen LogP contribution in [-0.4, -0.2) is 19.5 Å². The number of ether oxygens (including phenoxy) is 1. The number of methoxy groups -OCH3 is 1. The molecule has 1 aromatic rings. The fourth-order valence-electron chi connectivity index (χ4n) is 1.21. The molecule has 1 aromatic carbocycles. The summed E-state index contributed by atoms with van der Waals surface area (Å²) in [6, 6.07) is 8.05. The van der Waals surface area contributed by atoms with Crippen LogP contribution < -0.4 is 5.32 Å². The highest BCUT2D eigenvalue weighted by molar-refractivity contribution is 7.98. The van der Waals surface area contributed by atoms with Crippen molar-refractivity contribution < 1.29 is 9.53 Å². The van der Waals surface area contributed by atoms with Crippen molar-refractivity contribution in [2.45, 2.75) is 17.9 Å². The molecule has 0 bridgehead atoms. The Hall–Kier alpha value is -1.16. The second kappa shape index (κ2) is 5.66. The summed E-state index contributed by atoms with van der Waals surface area (Å²) >= 11 is 1.70. The molecule has 3 nitrogen and oxygen atoms in total. The molecule has 1 unspecified atom stereocenters. The lowest BCUT2D eigenvalue weighted by atomic mass is 10.1. The fourth-order valence-corrected chi connectivity index (χ4v) is 1.62. The number of alkyl carbamates (subject to hydrolysis) is 1. The third-order valence-corrected chi connectivity index (χ3v) is 2.88. The van der Waals surface area contributed by atoms with E-state index < -0.39 is 6.09 Å². The molecule has 0 aromatic heterocycles. The highest BCUT2D eigenvalue weighted by Gasteiger charge is 2.08. The zero-order valence-electron chi connectivity index (χ0n) is 9.11. The van der Waals surface area contributed by atoms with E-state index in [0.717, 1.165) is 5.56 Å². The molecular weight excluding hydrogens is 210 g/mol. The summed E-state index contributed by atoms with van der Waals surface area (Å²) in [6.07, 6.45) is 1.63. The Labute approximate surface area is 94.2 Å². The maximum Gasteiger partial charge on any atom is 0.407 e. The number of hydrogen-bond acceptors (Lipinski definition) is 3. The monoisotopic (exact) mass is 225 g/mol. The largest absolute Gasteiger partial charge is 0.453 e. The van der Waals surface area contributed by atoms with Gasteiger partial charge < -0.3 is 10.1 Å². The van der Waals surface area contributed by atoms with Crippen molar-refractivity contribution in [2.75, 3.05) is 13.4 Å². The van der Waals surface area contributed by atoms with Gasteiger partial charge in [-0.2, -0.15) is 0 Å². The van der Waals surface area contributed by atoms with Crippen molar-refractivity contribution >= 4 is 17.9 Å². The van der Waals surface area contributed by atoms with Crippen molar-refractivity contribution in [3.8, 4) is 0 Å². The summed E-state index contributed by atoms with van der Waals surface area (Å²) in [4.78, 5) is 12.2. The summed E-state index contributed by atoms with van der Waals surface area (Å²) in [6.45, 7) is 1.92. The van der Waals surface area contributed by atoms with E-state index in [0.29, 0.717) is 0 Å². The first-order chi connectivity index (χ1) is 7.17. The maximum atomic E-state index is 11.0. The molecule has 0 heterocycles. The van der Waals surface area contributed by atoms with E-state index in [9.17, 15) is 4.79 Å². The van der Waals surface area contributed by atoms with E-state index in [4.69, 9.17) is 0 Å². The van der Waals surface area contributed by atoms with Gasteiger partial charge in [0.1, 0.15) is 0 Å². The molecule has 15 heavy (non-hydrogen) atoms. The Balaban J connectivity index is 2.65. The summed E-state index contributed by atoms with van der Waals surface area (Å²) in [5.41, 5.74) is 1.07. The van der Waals surface area contributed by atoms with Crippen molar-refractivity contribution in [1.82, 2.24) is 5.32 Å². The third kappa shape index (κ3) is 3.47. The zero-order chi connectivity index (χ0) is 11.3. The van der Waals surface area contributed by atoms with Gasteiger partial charge >= 0.3 is 6.09 Å². The minimum Gasteiger partial charge on any atom is -0.453 e. The molecular formula is C11H15NO2S. The van der Waals surface area contributed by atoms with Gasteiger partial charge in [-0.25, -0.2) is 4.79 Å². The van der Waals surface area contributed by atoms with Crippen molar-refractivity contribution in [1.29, 1.82) is 0 Å². The number of rotatable bonds is 3. The van der Waals surface area contributed by atoms with E-state index in [2.05, 4.69) is 10.1 Å². The van der Waals surface area contributed by atoms with Crippen LogP contribution in [0.15, 0.2) is 29.2 Å². The molecule has 0 radical (unpaired) electrons. The standard InChI is InChI=1S/C11H15NO2S/c1-8(12-11(13)14-2)9-4-6-10(15-3)7-5-9/h4-8H,1-3H3,(H,12,13). The zero-order valence-corrected chi connectivity index (χ0v) is 9.93. The summed E-state index contributed by atoms with van der Waals surface area (Å²) in [5, 5.41) is 2.72. The molecule has 0 aliphatic heterocycles. The van der Waals surface area contributed by atoms with Crippen LogP contribution in [-0.2, 0) is 4.74 Å². The first-order valence-corrected chi connectivity index (χ1v) is 5.88. The van der Waals surface area contributed by atoms with Gasteiger partial charge in [-0.1, -0.05) is 12.1 Å². The van der Waals surface area contributed by atoms with Crippen LogP contribution in [0.4, 0.5) is 4.79 Å². The number of hydrogen-bond donors (Lipinski definition) is 1. The van der Waals surface area contributed by atoms with Gasteiger partial charge in [0.15, 0.2) is 0 Å². The van der Waals surface area contributed by atoms with Gasteiger partial charge in [0, 0.05) is 4.90 Å². The quantitative estimate of drug-likeness (QED) is 0.804. The summed E-state index contributed by atoms with van der Waals surface area (Å²) in [5.74, 6) is 0. The normalized spacial score (nSPS) is 11.9. The predicted molar refractivity (Wildman–Crippen MR) is 62.2 cm³/mol. The van der Waals surface area contributed by atoms with E-state index in [-0.39, 0.29) is 6.04 Å². The van der Waals surface area contributed by atoms with Crippen molar-refractivity contribution in [3.63, 3.8) is 0 Å². The molecule has 0 aliphatic carbocycles. The number of amides is 1. The molecule has 1 atom stereocenters. The molecule has 1 N–H and O–H groups in total. The minimum absolute atomic E-state index is 0.0339. The summed E-state index contributed by atoms with van der Waals surface area (Å²) < 4.78 is 4.53. The van der Waals surface area contributed by atoms with Gasteiger partial charge in [0.25, 0.3) is 0 Å². The average Bonchev–Trinajstić information content (AvgIpc) is 2.29. The van der Waals surface area contributed by atoms with E-state index in [1.54, 1.807) is 11.8 Å². The molecule has 0 fully saturated rings. The van der Waals surface area contributed by atoms with Crippen LogP contribution in [0.2, 0.25) is 0 Å². The second-order valence-corrected chi connectivity index (χ2v) is 4.01. The molecule has 0 spiro atoms. The van der Waals surface area contributed by atoms with Crippen LogP contribution in [0.5, 0.6) is 0 Å². The first-order valence-electron chi connectivity index (χ1n) is 4.65. The molecule has 82 valence electrons. The Morgan fingerprint density at radius 3 is 2.47 bits per heavy atom. The molecule has 0 saturated carbocycles. The molecule has 1 rings (SSSR count). The van der Waals surface area contributed by atoms with E-state index in [1.165, 1.54) is 12.0 Å². The smallest absolute Gasteiger partial charge is 0.407 e. The molecule has 4 heteroatoms. The lowest BCUT2D eigenvalue weighted by Crippen LogP contribution is -2.26. The topological polar surface area (TPSA) is 38.3 Å². The lowest BCUT2D eigenvalue weighted by molar-refractivity contribution is 0.167. The molecule has 0 saturated heterocycles. The van der Waals surface area contributed by atoms with Crippen LogP contribution in [0.1, 0.15) is 18.5 Å². The van der Waals surface area contributed by atoms with Crippen LogP contribution in [0.3, 0.4) is 0 Å². The number of thioether (sulfide) groups is 1. The second-order valence-electron chi connectivity index (χ2n) is 3.13. The van der Waals surface area contributed by atoms with Crippen LogP contribution >= 0.6 is 11.8 Å². The fraction of sp³-hybridized carbons (Fsp3) is 0.364. The number of nitrogens with one attached hydrogen (secondary N) is 1. The summed E-state index contributed by atoms with van der Waals surface area (Å²) in [7, 11) is 1.36. The van der Waals surface area contributed by atoms with Crippen molar-refractivity contribution in [2.24, 2.45) is 0 Å². The van der Waals surface area contributed by atoms with Crippen LogP contribution in [0.25, 0.3) is 0 Å². The first kappa shape index (κ1) is 11.9. The highest BCUT2D eigenvalue weighted by Crippen LogP contribution is 2.18. The minimum atomic E-state index is -0.406. The highest BCUT2D eigenvalue weighted by atomic mass is 32.2. The Morgan fingerprint density at radius 1 is 1.40 bits per heavy atom. The lowest BCUT2D eigenvalue weighted by Gasteiger charge is -2.13. The average molecular weight is 225 g/mol. The van der Waals surface area contributed by atoms with Crippen LogP contribution in [0, 0.1) is 0 Å². The van der Waals surface area contributed by atoms with E-state index in [1.807, 2.05) is 37.4 Å².